The second-order valence-corrected chi connectivity index (χ2v) is 4.62. The Kier molecular flexibility index (Phi) is 4.11. The van der Waals surface area contributed by atoms with Gasteiger partial charge in [0, 0.05) is 12.6 Å². The molecule has 0 heterocycles. The lowest BCUT2D eigenvalue weighted by Gasteiger charge is -2.43. The van der Waals surface area contributed by atoms with Gasteiger partial charge in [0.2, 0.25) is 0 Å². The minimum atomic E-state index is -0.709. The normalized spacial score (nSPS) is 31.9. The van der Waals surface area contributed by atoms with E-state index in [0.717, 1.165) is 25.7 Å². The van der Waals surface area contributed by atoms with Gasteiger partial charge >= 0.3 is 5.97 Å². The minimum Gasteiger partial charge on any atom is -0.481 e. The zero-order valence-corrected chi connectivity index (χ0v) is 9.82. The van der Waals surface area contributed by atoms with Gasteiger partial charge in [0.15, 0.2) is 0 Å². The molecule has 0 spiro atoms. The quantitative estimate of drug-likeness (QED) is 0.769. The first kappa shape index (κ1) is 12.5. The fourth-order valence-corrected chi connectivity index (χ4v) is 2.43. The topological polar surface area (TPSA) is 49.8 Å². The molecule has 1 saturated carbocycles. The molecule has 4 nitrogen and oxygen atoms in total. The summed E-state index contributed by atoms with van der Waals surface area (Å²) in [5, 5.41) is 8.95. The van der Waals surface area contributed by atoms with E-state index in [0.29, 0.717) is 6.10 Å². The predicted molar refractivity (Wildman–Crippen MR) is 57.9 cm³/mol. The van der Waals surface area contributed by atoms with Crippen molar-refractivity contribution in [2.75, 3.05) is 21.2 Å². The lowest BCUT2D eigenvalue weighted by Crippen LogP contribution is -2.49. The summed E-state index contributed by atoms with van der Waals surface area (Å²) in [6.07, 6.45) is 4.28. The molecule has 0 unspecified atom stereocenters. The molecule has 1 aliphatic carbocycles. The summed E-state index contributed by atoms with van der Waals surface area (Å²) in [6.45, 7) is 0. The Balaban J connectivity index is 2.64. The van der Waals surface area contributed by atoms with E-state index in [9.17, 15) is 4.79 Å². The molecular weight excluding hydrogens is 194 g/mol. The van der Waals surface area contributed by atoms with Gasteiger partial charge in [-0.2, -0.15) is 0 Å². The number of hydrogen-bond acceptors (Lipinski definition) is 3. The number of aliphatic carboxylic acids is 1. The first-order valence-electron chi connectivity index (χ1n) is 5.42. The number of carbonyl (C=O) groups is 1. The molecule has 15 heavy (non-hydrogen) atoms. The highest BCUT2D eigenvalue weighted by Crippen LogP contribution is 2.35. The van der Waals surface area contributed by atoms with Gasteiger partial charge in [-0.1, -0.05) is 0 Å². The third kappa shape index (κ3) is 2.92. The van der Waals surface area contributed by atoms with Crippen molar-refractivity contribution in [3.05, 3.63) is 0 Å². The Labute approximate surface area is 91.2 Å². The van der Waals surface area contributed by atoms with Gasteiger partial charge < -0.3 is 14.7 Å². The van der Waals surface area contributed by atoms with Crippen LogP contribution in [0.15, 0.2) is 0 Å². The number of methoxy groups -OCH3 is 1. The van der Waals surface area contributed by atoms with E-state index in [4.69, 9.17) is 9.84 Å². The number of hydrogen-bond donors (Lipinski definition) is 1. The number of carboxylic acid groups (broad SMARTS) is 1. The van der Waals surface area contributed by atoms with E-state index in [1.807, 2.05) is 14.1 Å². The molecule has 0 aliphatic heterocycles. The third-order valence-electron chi connectivity index (χ3n) is 3.63. The van der Waals surface area contributed by atoms with E-state index < -0.39 is 5.97 Å². The molecule has 0 radical (unpaired) electrons. The van der Waals surface area contributed by atoms with Crippen LogP contribution in [0.5, 0.6) is 0 Å². The summed E-state index contributed by atoms with van der Waals surface area (Å²) < 4.78 is 5.30. The van der Waals surface area contributed by atoms with Crippen LogP contribution in [-0.2, 0) is 9.53 Å². The summed E-state index contributed by atoms with van der Waals surface area (Å²) >= 11 is 0. The maximum absolute atomic E-state index is 10.9. The van der Waals surface area contributed by atoms with Crippen molar-refractivity contribution in [2.45, 2.75) is 43.7 Å². The smallest absolute Gasteiger partial charge is 0.305 e. The first-order chi connectivity index (χ1) is 7.00. The molecule has 88 valence electrons. The monoisotopic (exact) mass is 215 g/mol. The fourth-order valence-electron chi connectivity index (χ4n) is 2.43. The van der Waals surface area contributed by atoms with E-state index in [2.05, 4.69) is 4.90 Å². The molecule has 0 aromatic rings. The maximum Gasteiger partial charge on any atom is 0.305 e. The summed E-state index contributed by atoms with van der Waals surface area (Å²) in [5.74, 6) is -0.709. The predicted octanol–water partition coefficient (Wildman–Crippen LogP) is 1.35. The Hall–Kier alpha value is -0.610. The number of nitrogens with zero attached hydrogens (tertiary/aromatic N) is 1. The molecule has 0 aromatic carbocycles. The summed E-state index contributed by atoms with van der Waals surface area (Å²) in [7, 11) is 5.66. The number of carboxylic acids is 1. The van der Waals surface area contributed by atoms with Crippen LogP contribution in [0.3, 0.4) is 0 Å². The highest BCUT2D eigenvalue weighted by atomic mass is 16.5. The largest absolute Gasteiger partial charge is 0.481 e. The van der Waals surface area contributed by atoms with Crippen LogP contribution in [0.4, 0.5) is 0 Å². The second kappa shape index (κ2) is 4.94. The van der Waals surface area contributed by atoms with Crippen molar-refractivity contribution in [1.29, 1.82) is 0 Å². The molecule has 0 saturated heterocycles. The molecule has 4 heteroatoms. The van der Waals surface area contributed by atoms with Crippen molar-refractivity contribution in [2.24, 2.45) is 0 Å². The van der Waals surface area contributed by atoms with Gasteiger partial charge in [-0.25, -0.2) is 0 Å². The average Bonchev–Trinajstić information content (AvgIpc) is 2.17. The van der Waals surface area contributed by atoms with E-state index in [1.165, 1.54) is 0 Å². The molecule has 1 rings (SSSR count). The molecule has 0 amide bonds. The molecule has 1 fully saturated rings. The Morgan fingerprint density at radius 1 is 1.47 bits per heavy atom. The standard InChI is InChI=1S/C11H21NO3/c1-12(2)11(8-10(13)14)6-4-9(15-3)5-7-11/h9H,4-8H2,1-3H3,(H,13,14). The van der Waals surface area contributed by atoms with Gasteiger partial charge in [0.1, 0.15) is 0 Å². The van der Waals surface area contributed by atoms with Crippen LogP contribution in [0.2, 0.25) is 0 Å². The highest BCUT2D eigenvalue weighted by molar-refractivity contribution is 5.68. The van der Waals surface area contributed by atoms with Crippen molar-refractivity contribution in [3.63, 3.8) is 0 Å². The number of rotatable bonds is 4. The average molecular weight is 215 g/mol. The Bertz CT molecular complexity index is 220. The zero-order valence-electron chi connectivity index (χ0n) is 9.82. The third-order valence-corrected chi connectivity index (χ3v) is 3.63. The molecule has 0 aromatic heterocycles. The van der Waals surface area contributed by atoms with E-state index >= 15 is 0 Å². The first-order valence-corrected chi connectivity index (χ1v) is 5.42. The van der Waals surface area contributed by atoms with E-state index in [1.54, 1.807) is 7.11 Å². The van der Waals surface area contributed by atoms with Gasteiger partial charge in [0.05, 0.1) is 12.5 Å². The molecule has 0 bridgehead atoms. The van der Waals surface area contributed by atoms with Crippen molar-refractivity contribution in [1.82, 2.24) is 4.90 Å². The summed E-state index contributed by atoms with van der Waals surface area (Å²) in [4.78, 5) is 12.9. The van der Waals surface area contributed by atoms with Crippen molar-refractivity contribution < 1.29 is 14.6 Å². The van der Waals surface area contributed by atoms with Crippen LogP contribution in [-0.4, -0.2) is 48.8 Å². The lowest BCUT2D eigenvalue weighted by molar-refractivity contribution is -0.141. The zero-order chi connectivity index (χ0) is 11.5. The van der Waals surface area contributed by atoms with Crippen LogP contribution < -0.4 is 0 Å². The molecule has 1 aliphatic rings. The van der Waals surface area contributed by atoms with Gasteiger partial charge in [-0.3, -0.25) is 4.79 Å². The maximum atomic E-state index is 10.9. The van der Waals surface area contributed by atoms with Crippen molar-refractivity contribution >= 4 is 5.97 Å². The Morgan fingerprint density at radius 3 is 2.33 bits per heavy atom. The Morgan fingerprint density at radius 2 is 2.00 bits per heavy atom. The molecule has 1 N–H and O–H groups in total. The van der Waals surface area contributed by atoms with Gasteiger partial charge in [-0.15, -0.1) is 0 Å². The fraction of sp³-hybridized carbons (Fsp3) is 0.909. The summed E-state index contributed by atoms with van der Waals surface area (Å²) in [6, 6.07) is 0. The van der Waals surface area contributed by atoms with Crippen LogP contribution >= 0.6 is 0 Å². The SMILES string of the molecule is COC1CCC(CC(=O)O)(N(C)C)CC1. The summed E-state index contributed by atoms with van der Waals surface area (Å²) in [5.41, 5.74) is -0.166. The van der Waals surface area contributed by atoms with Crippen LogP contribution in [0, 0.1) is 0 Å². The molecule has 0 atom stereocenters. The number of ether oxygens (including phenoxy) is 1. The van der Waals surface area contributed by atoms with Crippen LogP contribution in [0.25, 0.3) is 0 Å². The van der Waals surface area contributed by atoms with Crippen LogP contribution in [0.1, 0.15) is 32.1 Å². The minimum absolute atomic E-state index is 0.166. The van der Waals surface area contributed by atoms with Gasteiger partial charge in [0.25, 0.3) is 0 Å². The van der Waals surface area contributed by atoms with E-state index in [-0.39, 0.29) is 12.0 Å². The lowest BCUT2D eigenvalue weighted by atomic mass is 9.77. The van der Waals surface area contributed by atoms with Crippen molar-refractivity contribution in [3.8, 4) is 0 Å². The second-order valence-electron chi connectivity index (χ2n) is 4.62. The highest BCUT2D eigenvalue weighted by Gasteiger charge is 2.38. The van der Waals surface area contributed by atoms with Gasteiger partial charge in [-0.05, 0) is 39.8 Å². The molecular formula is C11H21NO3.